The second-order valence-electron chi connectivity index (χ2n) is 4.10. The summed E-state index contributed by atoms with van der Waals surface area (Å²) in [5, 5.41) is 9.79. The highest BCUT2D eigenvalue weighted by atomic mass is 32.1. The molecule has 1 aromatic heterocycles. The summed E-state index contributed by atoms with van der Waals surface area (Å²) >= 11 is 1.33. The zero-order valence-electron chi connectivity index (χ0n) is 8.12. The predicted molar refractivity (Wildman–Crippen MR) is 54.9 cm³/mol. The van der Waals surface area contributed by atoms with Gasteiger partial charge in [0.1, 0.15) is 4.88 Å². The second kappa shape index (κ2) is 3.35. The van der Waals surface area contributed by atoms with Gasteiger partial charge < -0.3 is 5.11 Å². The topological polar surface area (TPSA) is 50.2 Å². The van der Waals surface area contributed by atoms with E-state index in [4.69, 9.17) is 5.11 Å². The average Bonchev–Trinajstić information content (AvgIpc) is 2.71. The number of hydrogen-bond acceptors (Lipinski definition) is 3. The van der Waals surface area contributed by atoms with Crippen LogP contribution in [0.15, 0.2) is 6.20 Å². The van der Waals surface area contributed by atoms with Crippen LogP contribution in [0.5, 0.6) is 0 Å². The summed E-state index contributed by atoms with van der Waals surface area (Å²) in [6.45, 7) is 2.18. The zero-order chi connectivity index (χ0) is 10.2. The number of thiazole rings is 1. The smallest absolute Gasteiger partial charge is 0.347 e. The highest BCUT2D eigenvalue weighted by Gasteiger charge is 2.33. The van der Waals surface area contributed by atoms with Gasteiger partial charge in [0.05, 0.1) is 11.2 Å². The molecule has 0 aromatic carbocycles. The minimum atomic E-state index is -0.865. The van der Waals surface area contributed by atoms with Gasteiger partial charge in [0.2, 0.25) is 0 Å². The van der Waals surface area contributed by atoms with Crippen molar-refractivity contribution >= 4 is 17.3 Å². The van der Waals surface area contributed by atoms with Crippen LogP contribution in [0.4, 0.5) is 0 Å². The Morgan fingerprint density at radius 1 is 1.57 bits per heavy atom. The molecule has 1 fully saturated rings. The maximum absolute atomic E-state index is 10.7. The molecule has 0 unspecified atom stereocenters. The van der Waals surface area contributed by atoms with Crippen molar-refractivity contribution in [3.63, 3.8) is 0 Å². The molecule has 4 heteroatoms. The Morgan fingerprint density at radius 2 is 2.21 bits per heavy atom. The number of aromatic nitrogens is 1. The number of carboxylic acid groups (broad SMARTS) is 1. The fraction of sp³-hybridized carbons (Fsp3) is 0.600. The summed E-state index contributed by atoms with van der Waals surface area (Å²) in [5.41, 5.74) is 0.137. The van der Waals surface area contributed by atoms with E-state index in [0.29, 0.717) is 4.88 Å². The van der Waals surface area contributed by atoms with E-state index in [9.17, 15) is 4.79 Å². The van der Waals surface area contributed by atoms with Crippen molar-refractivity contribution < 1.29 is 9.90 Å². The van der Waals surface area contributed by atoms with E-state index in [1.165, 1.54) is 30.4 Å². The predicted octanol–water partition coefficient (Wildman–Crippen LogP) is 2.67. The molecule has 0 saturated heterocycles. The maximum atomic E-state index is 10.7. The summed E-state index contributed by atoms with van der Waals surface area (Å²) in [6, 6.07) is 0. The molecule has 1 aromatic rings. The first-order valence-electron chi connectivity index (χ1n) is 4.81. The molecule has 76 valence electrons. The summed E-state index contributed by atoms with van der Waals surface area (Å²) in [4.78, 5) is 15.3. The van der Waals surface area contributed by atoms with Gasteiger partial charge in [0, 0.05) is 5.41 Å². The Labute approximate surface area is 86.8 Å². The van der Waals surface area contributed by atoms with Gasteiger partial charge in [0.15, 0.2) is 0 Å². The number of nitrogens with zero attached hydrogens (tertiary/aromatic N) is 1. The van der Waals surface area contributed by atoms with Crippen LogP contribution in [0.2, 0.25) is 0 Å². The molecule has 2 rings (SSSR count). The first-order chi connectivity index (χ1) is 6.62. The number of aromatic carboxylic acids is 1. The van der Waals surface area contributed by atoms with E-state index < -0.39 is 5.97 Å². The third kappa shape index (κ3) is 1.54. The summed E-state index contributed by atoms with van der Waals surface area (Å²) in [6.07, 6.45) is 6.22. The van der Waals surface area contributed by atoms with Crippen molar-refractivity contribution in [3.8, 4) is 0 Å². The first kappa shape index (κ1) is 9.65. The van der Waals surface area contributed by atoms with Crippen molar-refractivity contribution in [2.45, 2.75) is 38.0 Å². The van der Waals surface area contributed by atoms with Crippen LogP contribution in [0.25, 0.3) is 0 Å². The monoisotopic (exact) mass is 211 g/mol. The van der Waals surface area contributed by atoms with Crippen LogP contribution in [-0.4, -0.2) is 16.1 Å². The lowest BCUT2D eigenvalue weighted by Gasteiger charge is -2.19. The fourth-order valence-corrected chi connectivity index (χ4v) is 2.98. The fourth-order valence-electron chi connectivity index (χ4n) is 2.02. The van der Waals surface area contributed by atoms with Gasteiger partial charge in [-0.25, -0.2) is 9.78 Å². The third-order valence-electron chi connectivity index (χ3n) is 2.94. The van der Waals surface area contributed by atoms with Gasteiger partial charge in [-0.1, -0.05) is 19.8 Å². The summed E-state index contributed by atoms with van der Waals surface area (Å²) < 4.78 is 0. The minimum absolute atomic E-state index is 0.137. The Balaban J connectivity index is 2.28. The van der Waals surface area contributed by atoms with Crippen molar-refractivity contribution in [2.75, 3.05) is 0 Å². The molecule has 0 radical (unpaired) electrons. The highest BCUT2D eigenvalue weighted by Crippen LogP contribution is 2.41. The lowest BCUT2D eigenvalue weighted by Crippen LogP contribution is -2.15. The molecule has 3 nitrogen and oxygen atoms in total. The van der Waals surface area contributed by atoms with Crippen LogP contribution in [0.1, 0.15) is 47.3 Å². The van der Waals surface area contributed by atoms with Crippen LogP contribution >= 0.6 is 11.3 Å². The number of carboxylic acids is 1. The van der Waals surface area contributed by atoms with Crippen molar-refractivity contribution in [3.05, 3.63) is 16.1 Å². The molecule has 1 saturated carbocycles. The van der Waals surface area contributed by atoms with E-state index in [0.717, 1.165) is 17.8 Å². The van der Waals surface area contributed by atoms with Crippen molar-refractivity contribution in [1.29, 1.82) is 0 Å². The molecule has 1 heterocycles. The minimum Gasteiger partial charge on any atom is -0.477 e. The van der Waals surface area contributed by atoms with Crippen LogP contribution in [0.3, 0.4) is 0 Å². The number of carbonyl (C=O) groups is 1. The second-order valence-corrected chi connectivity index (χ2v) is 5.13. The molecule has 0 spiro atoms. The van der Waals surface area contributed by atoms with Crippen molar-refractivity contribution in [2.24, 2.45) is 0 Å². The first-order valence-corrected chi connectivity index (χ1v) is 5.63. The normalized spacial score (nSPS) is 19.8. The van der Waals surface area contributed by atoms with Gasteiger partial charge >= 0.3 is 5.97 Å². The van der Waals surface area contributed by atoms with Gasteiger partial charge in [-0.2, -0.15) is 0 Å². The summed E-state index contributed by atoms with van der Waals surface area (Å²) in [7, 11) is 0. The Hall–Kier alpha value is -0.900. The molecule has 0 bridgehead atoms. The Bertz CT molecular complexity index is 353. The average molecular weight is 211 g/mol. The standard InChI is InChI=1S/C10H13NO2S/c1-10(4-2-3-5-10)9-11-6-7(14-9)8(12)13/h6H,2-5H2,1H3,(H,12,13). The van der Waals surface area contributed by atoms with Gasteiger partial charge in [-0.3, -0.25) is 0 Å². The van der Waals surface area contributed by atoms with Crippen LogP contribution in [0, 0.1) is 0 Å². The molecule has 0 amide bonds. The molecular formula is C10H13NO2S. The zero-order valence-corrected chi connectivity index (χ0v) is 8.93. The van der Waals surface area contributed by atoms with E-state index in [1.54, 1.807) is 0 Å². The molecule has 1 aliphatic carbocycles. The van der Waals surface area contributed by atoms with Crippen LogP contribution < -0.4 is 0 Å². The Morgan fingerprint density at radius 3 is 2.71 bits per heavy atom. The summed E-state index contributed by atoms with van der Waals surface area (Å²) in [5.74, 6) is -0.865. The molecule has 0 atom stereocenters. The molecule has 1 N–H and O–H groups in total. The maximum Gasteiger partial charge on any atom is 0.347 e. The van der Waals surface area contributed by atoms with Gasteiger partial charge in [0.25, 0.3) is 0 Å². The van der Waals surface area contributed by atoms with E-state index in [2.05, 4.69) is 11.9 Å². The SMILES string of the molecule is CC1(c2ncc(C(=O)O)s2)CCCC1. The quantitative estimate of drug-likeness (QED) is 0.818. The van der Waals surface area contributed by atoms with Crippen LogP contribution in [-0.2, 0) is 5.41 Å². The van der Waals surface area contributed by atoms with Gasteiger partial charge in [-0.15, -0.1) is 11.3 Å². The molecule has 0 aliphatic heterocycles. The molecular weight excluding hydrogens is 198 g/mol. The largest absolute Gasteiger partial charge is 0.477 e. The van der Waals surface area contributed by atoms with E-state index in [-0.39, 0.29) is 5.41 Å². The van der Waals surface area contributed by atoms with E-state index >= 15 is 0 Å². The van der Waals surface area contributed by atoms with Crippen molar-refractivity contribution in [1.82, 2.24) is 4.98 Å². The van der Waals surface area contributed by atoms with Gasteiger partial charge in [-0.05, 0) is 12.8 Å². The molecule has 1 aliphatic rings. The molecule has 14 heavy (non-hydrogen) atoms. The number of rotatable bonds is 2. The van der Waals surface area contributed by atoms with E-state index in [1.807, 2.05) is 0 Å². The highest BCUT2D eigenvalue weighted by molar-refractivity contribution is 7.13. The lowest BCUT2D eigenvalue weighted by atomic mass is 9.90. The Kier molecular flexibility index (Phi) is 2.31. The lowest BCUT2D eigenvalue weighted by molar-refractivity contribution is 0.0702. The number of hydrogen-bond donors (Lipinski definition) is 1. The third-order valence-corrected chi connectivity index (χ3v) is 4.23.